The predicted octanol–water partition coefficient (Wildman–Crippen LogP) is 3.87. The molecule has 0 aromatic carbocycles. The van der Waals surface area contributed by atoms with Crippen LogP contribution in [0.1, 0.15) is 54.9 Å². The zero-order valence-electron chi connectivity index (χ0n) is 9.40. The van der Waals surface area contributed by atoms with E-state index in [9.17, 15) is 0 Å². The van der Waals surface area contributed by atoms with Gasteiger partial charge in [-0.15, -0.1) is 0 Å². The minimum absolute atomic E-state index is 0.403. The molecule has 0 rings (SSSR count). The van der Waals surface area contributed by atoms with E-state index in [1.807, 2.05) is 27.7 Å². The maximum absolute atomic E-state index is 5.19. The lowest BCUT2D eigenvalue weighted by molar-refractivity contribution is 0.0794. The van der Waals surface area contributed by atoms with E-state index in [1.54, 1.807) is 0 Å². The van der Waals surface area contributed by atoms with Gasteiger partial charge in [0.2, 0.25) is 0 Å². The first kappa shape index (κ1) is 17.2. The highest BCUT2D eigenvalue weighted by Crippen LogP contribution is 1.87. The molecule has 0 aliphatic rings. The van der Waals surface area contributed by atoms with Crippen LogP contribution in [-0.4, -0.2) is 12.7 Å². The molecule has 0 aliphatic carbocycles. The Bertz CT molecular complexity index is 33.9. The Morgan fingerprint density at radius 3 is 1.45 bits per heavy atom. The molecule has 0 amide bonds. The lowest BCUT2D eigenvalue weighted by Crippen LogP contribution is -2.01. The first-order valence-corrected chi connectivity index (χ1v) is 4.89. The van der Waals surface area contributed by atoms with Crippen LogP contribution in [0.4, 0.5) is 0 Å². The van der Waals surface area contributed by atoms with E-state index < -0.39 is 0 Å². The molecule has 0 saturated heterocycles. The van der Waals surface area contributed by atoms with Crippen molar-refractivity contribution in [3.63, 3.8) is 0 Å². The number of hydrogen-bond acceptors (Lipinski definition) is 1. The highest BCUT2D eigenvalue weighted by Gasteiger charge is 1.86. The fraction of sp³-hybridized carbons (Fsp3) is 1.00. The Kier molecular flexibility index (Phi) is 35.1. The molecule has 0 bridgehead atoms. The molecule has 0 fully saturated rings. The molecular weight excluding hydrogens is 136 g/mol. The molecule has 0 unspecified atom stereocenters. The summed E-state index contributed by atoms with van der Waals surface area (Å²) in [5, 5.41) is 0. The Balaban J connectivity index is -0.000000138. The topological polar surface area (TPSA) is 9.23 Å². The molecule has 0 aromatic heterocycles. The summed E-state index contributed by atoms with van der Waals surface area (Å²) in [4.78, 5) is 0. The monoisotopic (exact) mass is 162 g/mol. The summed E-state index contributed by atoms with van der Waals surface area (Å²) >= 11 is 0. The maximum Gasteiger partial charge on any atom is 0.0518 e. The Morgan fingerprint density at radius 1 is 1.00 bits per heavy atom. The van der Waals surface area contributed by atoms with Crippen molar-refractivity contribution in [3.8, 4) is 0 Å². The van der Waals surface area contributed by atoms with Gasteiger partial charge in [-0.05, 0) is 20.3 Å². The smallest absolute Gasteiger partial charge is 0.0518 e. The fourth-order valence-electron chi connectivity index (χ4n) is 0.354. The van der Waals surface area contributed by atoms with E-state index in [1.165, 1.54) is 0 Å². The molecule has 0 heterocycles. The third-order valence-electron chi connectivity index (χ3n) is 0.655. The summed E-state index contributed by atoms with van der Waals surface area (Å²) in [7, 11) is 0. The largest absolute Gasteiger partial charge is 0.379 e. The standard InChI is InChI=1S/C6H14O.2C2H6/c1-4-5-7-6(2)3;2*1-2/h6H,4-5H2,1-3H3;2*1-2H3. The zero-order chi connectivity index (χ0) is 9.70. The van der Waals surface area contributed by atoms with Gasteiger partial charge in [-0.3, -0.25) is 0 Å². The Labute approximate surface area is 73.1 Å². The fourth-order valence-corrected chi connectivity index (χ4v) is 0.354. The molecule has 0 N–H and O–H groups in total. The number of ether oxygens (including phenoxy) is 1. The summed E-state index contributed by atoms with van der Waals surface area (Å²) in [6.07, 6.45) is 1.53. The highest BCUT2D eigenvalue weighted by atomic mass is 16.5. The molecule has 0 aromatic rings. The Hall–Kier alpha value is -0.0400. The van der Waals surface area contributed by atoms with Crippen molar-refractivity contribution >= 4 is 0 Å². The van der Waals surface area contributed by atoms with Crippen LogP contribution in [0, 0.1) is 0 Å². The first-order chi connectivity index (χ1) is 5.27. The van der Waals surface area contributed by atoms with Gasteiger partial charge in [0.05, 0.1) is 6.10 Å². The third kappa shape index (κ3) is 40.2. The van der Waals surface area contributed by atoms with Gasteiger partial charge in [0.25, 0.3) is 0 Å². The van der Waals surface area contributed by atoms with Crippen LogP contribution in [0.25, 0.3) is 0 Å². The summed E-state index contributed by atoms with van der Waals surface area (Å²) < 4.78 is 5.19. The lowest BCUT2D eigenvalue weighted by Gasteiger charge is -2.03. The van der Waals surface area contributed by atoms with E-state index in [2.05, 4.69) is 20.8 Å². The van der Waals surface area contributed by atoms with Crippen molar-refractivity contribution in [2.75, 3.05) is 6.61 Å². The highest BCUT2D eigenvalue weighted by molar-refractivity contribution is 4.33. The number of rotatable bonds is 3. The van der Waals surface area contributed by atoms with E-state index in [4.69, 9.17) is 4.74 Å². The molecule has 0 spiro atoms. The lowest BCUT2D eigenvalue weighted by atomic mass is 10.4. The van der Waals surface area contributed by atoms with E-state index >= 15 is 0 Å². The maximum atomic E-state index is 5.19. The van der Waals surface area contributed by atoms with Gasteiger partial charge in [0.15, 0.2) is 0 Å². The second-order valence-electron chi connectivity index (χ2n) is 1.92. The molecule has 0 aliphatic heterocycles. The minimum Gasteiger partial charge on any atom is -0.379 e. The molecule has 0 radical (unpaired) electrons. The van der Waals surface area contributed by atoms with Crippen molar-refractivity contribution < 1.29 is 4.74 Å². The zero-order valence-corrected chi connectivity index (χ0v) is 9.40. The molecule has 0 atom stereocenters. The molecule has 0 saturated carbocycles. The van der Waals surface area contributed by atoms with Gasteiger partial charge in [0, 0.05) is 6.61 Å². The van der Waals surface area contributed by atoms with Crippen LogP contribution >= 0.6 is 0 Å². The predicted molar refractivity (Wildman–Crippen MR) is 54.1 cm³/mol. The van der Waals surface area contributed by atoms with Gasteiger partial charge in [-0.25, -0.2) is 0 Å². The summed E-state index contributed by atoms with van der Waals surface area (Å²) in [5.41, 5.74) is 0. The van der Waals surface area contributed by atoms with Gasteiger partial charge in [-0.1, -0.05) is 34.6 Å². The van der Waals surface area contributed by atoms with Crippen molar-refractivity contribution in [2.24, 2.45) is 0 Å². The van der Waals surface area contributed by atoms with Crippen LogP contribution in [0.3, 0.4) is 0 Å². The van der Waals surface area contributed by atoms with Crippen LogP contribution in [0.5, 0.6) is 0 Å². The average Bonchev–Trinajstić information content (AvgIpc) is 2.08. The van der Waals surface area contributed by atoms with Gasteiger partial charge in [0.1, 0.15) is 0 Å². The van der Waals surface area contributed by atoms with Crippen LogP contribution in [0.2, 0.25) is 0 Å². The van der Waals surface area contributed by atoms with Crippen molar-refractivity contribution in [2.45, 2.75) is 61.0 Å². The molecule has 1 heteroatoms. The van der Waals surface area contributed by atoms with Gasteiger partial charge in [-0.2, -0.15) is 0 Å². The van der Waals surface area contributed by atoms with E-state index in [0.29, 0.717) is 6.10 Å². The summed E-state index contributed by atoms with van der Waals surface area (Å²) in [6, 6.07) is 0. The van der Waals surface area contributed by atoms with Crippen LogP contribution in [-0.2, 0) is 4.74 Å². The first-order valence-electron chi connectivity index (χ1n) is 4.89. The van der Waals surface area contributed by atoms with Crippen LogP contribution < -0.4 is 0 Å². The second kappa shape index (κ2) is 22.5. The molecule has 72 valence electrons. The van der Waals surface area contributed by atoms with Crippen LogP contribution in [0.15, 0.2) is 0 Å². The van der Waals surface area contributed by atoms with Gasteiger partial charge >= 0.3 is 0 Å². The molecular formula is C10H26O. The molecule has 1 nitrogen and oxygen atoms in total. The molecule has 11 heavy (non-hydrogen) atoms. The SMILES string of the molecule is CC.CC.CCCOC(C)C. The third-order valence-corrected chi connectivity index (χ3v) is 0.655. The van der Waals surface area contributed by atoms with E-state index in [0.717, 1.165) is 13.0 Å². The minimum atomic E-state index is 0.403. The number of hydrogen-bond donors (Lipinski definition) is 0. The normalized spacial score (nSPS) is 7.64. The van der Waals surface area contributed by atoms with Crippen molar-refractivity contribution in [1.82, 2.24) is 0 Å². The van der Waals surface area contributed by atoms with E-state index in [-0.39, 0.29) is 0 Å². The summed E-state index contributed by atoms with van der Waals surface area (Å²) in [5.74, 6) is 0. The summed E-state index contributed by atoms with van der Waals surface area (Å²) in [6.45, 7) is 15.1. The average molecular weight is 162 g/mol. The Morgan fingerprint density at radius 2 is 1.36 bits per heavy atom. The van der Waals surface area contributed by atoms with Crippen molar-refractivity contribution in [3.05, 3.63) is 0 Å². The van der Waals surface area contributed by atoms with Crippen molar-refractivity contribution in [1.29, 1.82) is 0 Å². The van der Waals surface area contributed by atoms with Gasteiger partial charge < -0.3 is 4.74 Å². The second-order valence-corrected chi connectivity index (χ2v) is 1.92. The quantitative estimate of drug-likeness (QED) is 0.612.